The van der Waals surface area contributed by atoms with Gasteiger partial charge in [0.05, 0.1) is 11.3 Å². The molecule has 2 rings (SSSR count). The van der Waals surface area contributed by atoms with E-state index in [2.05, 4.69) is 5.32 Å². The average Bonchev–Trinajstić information content (AvgIpc) is 2.84. The molecule has 0 unspecified atom stereocenters. The number of aromatic carboxylic acids is 1. The van der Waals surface area contributed by atoms with Crippen molar-refractivity contribution in [1.82, 2.24) is 0 Å². The molecule has 0 aliphatic rings. The Hall–Kier alpha value is -2.98. The number of carbonyl (C=O) groups excluding carboxylic acids is 1. The molecular weight excluding hydrogens is 442 g/mol. The minimum Gasteiger partial charge on any atom is -0.507 e. The van der Waals surface area contributed by atoms with E-state index in [-0.39, 0.29) is 55.8 Å². The van der Waals surface area contributed by atoms with E-state index >= 15 is 0 Å². The van der Waals surface area contributed by atoms with Gasteiger partial charge in [0.25, 0.3) is 0 Å². The molecule has 0 saturated carbocycles. The molecule has 2 aromatic rings. The minimum absolute atomic E-state index is 0.0616. The Labute approximate surface area is 200 Å². The number of rotatable bonds is 11. The number of aliphatic hydroxyl groups is 4. The molecule has 0 radical (unpaired) electrons. The van der Waals surface area contributed by atoms with Gasteiger partial charge in [-0.2, -0.15) is 0 Å². The standard InChI is InChI=1S/C16H15NO4.C5H12O2.C4H10O2/c1-2-13(19)17-15-11(16(20)21)8-9-12(18)14(15)10-6-4-3-5-7-10;6-4-2-1-3-5-7;5-3-1-2-4-6/h3-9,18H,2H2,1H3,(H,17,19)(H,20,21);6-7H,1-5H2;5-6H,1-4H2. The average molecular weight is 480 g/mol. The number of amides is 1. The van der Waals surface area contributed by atoms with Gasteiger partial charge in [-0.25, -0.2) is 4.79 Å². The van der Waals surface area contributed by atoms with Crippen LogP contribution in [-0.4, -0.2) is 68.9 Å². The lowest BCUT2D eigenvalue weighted by atomic mass is 9.98. The van der Waals surface area contributed by atoms with Gasteiger partial charge in [0.15, 0.2) is 0 Å². The quantitative estimate of drug-likeness (QED) is 0.241. The van der Waals surface area contributed by atoms with Gasteiger partial charge in [0.1, 0.15) is 5.75 Å². The summed E-state index contributed by atoms with van der Waals surface area (Å²) in [5, 5.41) is 54.5. The number of aromatic hydroxyl groups is 1. The van der Waals surface area contributed by atoms with Crippen molar-refractivity contribution in [3.8, 4) is 16.9 Å². The lowest BCUT2D eigenvalue weighted by Crippen LogP contribution is -2.14. The van der Waals surface area contributed by atoms with Crippen LogP contribution in [0.2, 0.25) is 0 Å². The number of hydrogen-bond donors (Lipinski definition) is 7. The van der Waals surface area contributed by atoms with E-state index < -0.39 is 5.97 Å². The maximum atomic E-state index is 11.7. The number of unbranched alkanes of at least 4 members (excludes halogenated alkanes) is 3. The van der Waals surface area contributed by atoms with E-state index in [1.807, 2.05) is 6.07 Å². The van der Waals surface area contributed by atoms with E-state index in [1.54, 1.807) is 31.2 Å². The van der Waals surface area contributed by atoms with Crippen molar-refractivity contribution in [2.24, 2.45) is 0 Å². The number of carbonyl (C=O) groups is 2. The number of carboxylic acid groups (broad SMARTS) is 1. The molecular formula is C25H37NO8. The Balaban J connectivity index is 0.000000691. The van der Waals surface area contributed by atoms with Gasteiger partial charge in [0.2, 0.25) is 5.91 Å². The highest BCUT2D eigenvalue weighted by Crippen LogP contribution is 2.38. The molecule has 0 atom stereocenters. The first-order chi connectivity index (χ1) is 16.4. The first-order valence-electron chi connectivity index (χ1n) is 11.3. The van der Waals surface area contributed by atoms with Gasteiger partial charge in [-0.1, -0.05) is 37.3 Å². The van der Waals surface area contributed by atoms with Crippen LogP contribution in [0.15, 0.2) is 42.5 Å². The van der Waals surface area contributed by atoms with Crippen molar-refractivity contribution in [1.29, 1.82) is 0 Å². The summed E-state index contributed by atoms with van der Waals surface area (Å²) in [6.07, 6.45) is 4.23. The molecule has 1 amide bonds. The second-order valence-corrected chi connectivity index (χ2v) is 7.12. The third kappa shape index (κ3) is 12.3. The molecule has 0 aliphatic heterocycles. The molecule has 0 fully saturated rings. The maximum absolute atomic E-state index is 11.7. The molecule has 0 aromatic heterocycles. The number of carboxylic acids is 1. The Morgan fingerprint density at radius 3 is 1.71 bits per heavy atom. The highest BCUT2D eigenvalue weighted by molar-refractivity contribution is 6.06. The highest BCUT2D eigenvalue weighted by Gasteiger charge is 2.20. The lowest BCUT2D eigenvalue weighted by Gasteiger charge is -2.15. The zero-order chi connectivity index (χ0) is 25.8. The van der Waals surface area contributed by atoms with Gasteiger partial charge in [-0.3, -0.25) is 4.79 Å². The molecule has 0 saturated heterocycles. The van der Waals surface area contributed by atoms with E-state index in [0.29, 0.717) is 11.1 Å². The summed E-state index contributed by atoms with van der Waals surface area (Å²) in [5.41, 5.74) is 0.982. The van der Waals surface area contributed by atoms with Gasteiger partial charge in [-0.05, 0) is 49.8 Å². The Kier molecular flexibility index (Phi) is 17.8. The van der Waals surface area contributed by atoms with Crippen LogP contribution >= 0.6 is 0 Å². The summed E-state index contributed by atoms with van der Waals surface area (Å²) in [5.74, 6) is -1.57. The van der Waals surface area contributed by atoms with Crippen molar-refractivity contribution < 1.29 is 40.2 Å². The van der Waals surface area contributed by atoms with Gasteiger partial charge in [0, 0.05) is 38.4 Å². The normalized spacial score (nSPS) is 9.79. The van der Waals surface area contributed by atoms with Crippen molar-refractivity contribution in [2.45, 2.75) is 45.4 Å². The number of aliphatic hydroxyl groups excluding tert-OH is 4. The number of nitrogens with one attached hydrogen (secondary N) is 1. The Morgan fingerprint density at radius 1 is 0.765 bits per heavy atom. The summed E-state index contributed by atoms with van der Waals surface area (Å²) >= 11 is 0. The maximum Gasteiger partial charge on any atom is 0.337 e. The third-order valence-electron chi connectivity index (χ3n) is 4.44. The molecule has 9 heteroatoms. The first-order valence-corrected chi connectivity index (χ1v) is 11.3. The van der Waals surface area contributed by atoms with Crippen LogP contribution in [0.1, 0.15) is 55.8 Å². The minimum atomic E-state index is -1.17. The van der Waals surface area contributed by atoms with E-state index in [4.69, 9.17) is 20.4 Å². The summed E-state index contributed by atoms with van der Waals surface area (Å²) in [7, 11) is 0. The largest absolute Gasteiger partial charge is 0.507 e. The number of hydrogen-bond acceptors (Lipinski definition) is 7. The Bertz CT molecular complexity index is 819. The van der Waals surface area contributed by atoms with Gasteiger partial charge < -0.3 is 36.0 Å². The summed E-state index contributed by atoms with van der Waals surface area (Å²) < 4.78 is 0. The van der Waals surface area contributed by atoms with Gasteiger partial charge in [-0.15, -0.1) is 0 Å². The molecule has 0 aliphatic carbocycles. The van der Waals surface area contributed by atoms with Crippen molar-refractivity contribution >= 4 is 17.6 Å². The fourth-order valence-electron chi connectivity index (χ4n) is 2.65. The predicted molar refractivity (Wildman–Crippen MR) is 131 cm³/mol. The molecule has 9 nitrogen and oxygen atoms in total. The number of anilines is 1. The van der Waals surface area contributed by atoms with Crippen molar-refractivity contribution in [3.63, 3.8) is 0 Å². The van der Waals surface area contributed by atoms with E-state index in [9.17, 15) is 19.8 Å². The fraction of sp³-hybridized carbons (Fsp3) is 0.440. The molecule has 0 heterocycles. The molecule has 2 aromatic carbocycles. The van der Waals surface area contributed by atoms with E-state index in [1.165, 1.54) is 12.1 Å². The summed E-state index contributed by atoms with van der Waals surface area (Å²) in [6, 6.07) is 11.4. The van der Waals surface area contributed by atoms with E-state index in [0.717, 1.165) is 32.1 Å². The van der Waals surface area contributed by atoms with Crippen LogP contribution in [0.3, 0.4) is 0 Å². The molecule has 0 bridgehead atoms. The smallest absolute Gasteiger partial charge is 0.337 e. The van der Waals surface area contributed by atoms with Crippen LogP contribution in [0, 0.1) is 0 Å². The second kappa shape index (κ2) is 19.5. The molecule has 34 heavy (non-hydrogen) atoms. The zero-order valence-electron chi connectivity index (χ0n) is 19.6. The van der Waals surface area contributed by atoms with Crippen LogP contribution in [0.4, 0.5) is 5.69 Å². The van der Waals surface area contributed by atoms with Crippen molar-refractivity contribution in [3.05, 3.63) is 48.0 Å². The number of phenolic OH excluding ortho intramolecular Hbond substituents is 1. The SMILES string of the molecule is CCC(=O)Nc1c(C(=O)O)ccc(O)c1-c1ccccc1.OCCCCCO.OCCCCO. The third-order valence-corrected chi connectivity index (χ3v) is 4.44. The summed E-state index contributed by atoms with van der Waals surface area (Å²) in [6.45, 7) is 2.56. The second-order valence-electron chi connectivity index (χ2n) is 7.12. The molecule has 0 spiro atoms. The zero-order valence-corrected chi connectivity index (χ0v) is 19.6. The van der Waals surface area contributed by atoms with Crippen LogP contribution in [-0.2, 0) is 4.79 Å². The Morgan fingerprint density at radius 2 is 1.26 bits per heavy atom. The van der Waals surface area contributed by atoms with Crippen LogP contribution in [0.5, 0.6) is 5.75 Å². The number of benzene rings is 2. The first kappa shape index (κ1) is 31.0. The molecule has 190 valence electrons. The van der Waals surface area contributed by atoms with Crippen molar-refractivity contribution in [2.75, 3.05) is 31.7 Å². The fourth-order valence-corrected chi connectivity index (χ4v) is 2.65. The van der Waals surface area contributed by atoms with Crippen LogP contribution in [0.25, 0.3) is 11.1 Å². The summed E-state index contributed by atoms with van der Waals surface area (Å²) in [4.78, 5) is 23.0. The topological polar surface area (TPSA) is 168 Å². The van der Waals surface area contributed by atoms with Gasteiger partial charge >= 0.3 is 5.97 Å². The highest BCUT2D eigenvalue weighted by atomic mass is 16.4. The number of phenols is 1. The predicted octanol–water partition coefficient (Wildman–Crippen LogP) is 3.00. The monoisotopic (exact) mass is 479 g/mol. The van der Waals surface area contributed by atoms with Crippen LogP contribution < -0.4 is 5.32 Å². The lowest BCUT2D eigenvalue weighted by molar-refractivity contribution is -0.115. The molecule has 7 N–H and O–H groups in total.